The van der Waals surface area contributed by atoms with E-state index in [1.165, 1.54) is 0 Å². The number of nitrogens with one attached hydrogen (secondary N) is 1. The fraction of sp³-hybridized carbons (Fsp3) is 0.929. The molecule has 5 heteroatoms. The molecule has 0 aromatic carbocycles. The molecule has 0 spiro atoms. The van der Waals surface area contributed by atoms with Gasteiger partial charge in [-0.05, 0) is 65.5 Å². The molecule has 0 radical (unpaired) electrons. The first-order valence-electron chi connectivity index (χ1n) is 7.29. The Labute approximate surface area is 115 Å². The third-order valence-electron chi connectivity index (χ3n) is 4.51. The lowest BCUT2D eigenvalue weighted by atomic mass is 9.83. The highest BCUT2D eigenvalue weighted by Crippen LogP contribution is 2.37. The van der Waals surface area contributed by atoms with Crippen LogP contribution in [0.4, 0.5) is 4.79 Å². The highest BCUT2D eigenvalue weighted by Gasteiger charge is 2.43. The van der Waals surface area contributed by atoms with Gasteiger partial charge in [-0.15, -0.1) is 0 Å². The fourth-order valence-electron chi connectivity index (χ4n) is 3.04. The summed E-state index contributed by atoms with van der Waals surface area (Å²) in [6.07, 6.45) is 4.04. The number of carboxylic acid groups (broad SMARTS) is 1. The molecule has 1 heterocycles. The van der Waals surface area contributed by atoms with Crippen LogP contribution in [0.2, 0.25) is 0 Å². The fourth-order valence-corrected chi connectivity index (χ4v) is 3.04. The largest absolute Gasteiger partial charge is 0.465 e. The topological polar surface area (TPSA) is 72.8 Å². The third kappa shape index (κ3) is 3.60. The zero-order chi connectivity index (χ0) is 14.1. The number of rotatable bonds is 5. The molecule has 3 N–H and O–H groups in total. The zero-order valence-corrected chi connectivity index (χ0v) is 12.0. The molecule has 0 bridgehead atoms. The minimum Gasteiger partial charge on any atom is -0.465 e. The number of carbonyl (C=O) groups is 1. The van der Waals surface area contributed by atoms with E-state index < -0.39 is 17.2 Å². The van der Waals surface area contributed by atoms with Crippen molar-refractivity contribution in [1.82, 2.24) is 10.2 Å². The molecule has 1 aliphatic carbocycles. The Morgan fingerprint density at radius 1 is 1.37 bits per heavy atom. The summed E-state index contributed by atoms with van der Waals surface area (Å²) in [4.78, 5) is 13.0. The summed E-state index contributed by atoms with van der Waals surface area (Å²) in [6, 6.07) is 0.190. The van der Waals surface area contributed by atoms with Crippen molar-refractivity contribution >= 4 is 6.09 Å². The highest BCUT2D eigenvalue weighted by molar-refractivity contribution is 5.67. The molecule has 2 aliphatic rings. The lowest BCUT2D eigenvalue weighted by Gasteiger charge is -2.40. The number of hydrogen-bond acceptors (Lipinski definition) is 3. The first-order chi connectivity index (χ1) is 8.84. The van der Waals surface area contributed by atoms with Gasteiger partial charge in [-0.3, -0.25) is 0 Å². The van der Waals surface area contributed by atoms with Crippen LogP contribution in [0.15, 0.2) is 0 Å². The maximum Gasteiger partial charge on any atom is 0.407 e. The van der Waals surface area contributed by atoms with E-state index in [0.29, 0.717) is 12.8 Å². The molecule has 1 amide bonds. The van der Waals surface area contributed by atoms with E-state index in [0.717, 1.165) is 38.8 Å². The maximum atomic E-state index is 11.4. The molecule has 1 saturated carbocycles. The average Bonchev–Trinajstić information content (AvgIpc) is 3.11. The van der Waals surface area contributed by atoms with Gasteiger partial charge in [0.25, 0.3) is 0 Å². The molecule has 0 atom stereocenters. The first-order valence-corrected chi connectivity index (χ1v) is 7.29. The van der Waals surface area contributed by atoms with Gasteiger partial charge in [0.1, 0.15) is 0 Å². The molecule has 1 aliphatic heterocycles. The Balaban J connectivity index is 1.93. The summed E-state index contributed by atoms with van der Waals surface area (Å²) < 4.78 is 0. The van der Waals surface area contributed by atoms with Crippen molar-refractivity contribution in [3.63, 3.8) is 0 Å². The van der Waals surface area contributed by atoms with Crippen LogP contribution in [0.1, 0.15) is 52.4 Å². The van der Waals surface area contributed by atoms with Crippen molar-refractivity contribution in [3.05, 3.63) is 0 Å². The van der Waals surface area contributed by atoms with E-state index in [1.807, 2.05) is 13.8 Å². The minimum absolute atomic E-state index is 0.190. The lowest BCUT2D eigenvalue weighted by Crippen LogP contribution is -2.50. The Morgan fingerprint density at radius 3 is 2.42 bits per heavy atom. The van der Waals surface area contributed by atoms with Crippen molar-refractivity contribution in [2.45, 2.75) is 69.6 Å². The quantitative estimate of drug-likeness (QED) is 0.712. The van der Waals surface area contributed by atoms with Crippen molar-refractivity contribution in [1.29, 1.82) is 0 Å². The summed E-state index contributed by atoms with van der Waals surface area (Å²) in [7, 11) is 0. The summed E-state index contributed by atoms with van der Waals surface area (Å²) in [6.45, 7) is 5.65. The molecule has 2 rings (SSSR count). The van der Waals surface area contributed by atoms with Crippen LogP contribution in [0.5, 0.6) is 0 Å². The standard InChI is InChI=1S/C14H26N2O3/c1-13(2,16(12(17)18)11-3-4-11)5-6-14(19)7-9-15-10-8-14/h11,15,19H,3-10H2,1-2H3,(H,17,18). The average molecular weight is 270 g/mol. The predicted octanol–water partition coefficient (Wildman–Crippen LogP) is 1.80. The van der Waals surface area contributed by atoms with Crippen LogP contribution in [0, 0.1) is 0 Å². The van der Waals surface area contributed by atoms with Crippen LogP contribution in [0.3, 0.4) is 0 Å². The van der Waals surface area contributed by atoms with E-state index in [-0.39, 0.29) is 6.04 Å². The second-order valence-electron chi connectivity index (χ2n) is 6.67. The Kier molecular flexibility index (Phi) is 4.06. The zero-order valence-electron chi connectivity index (χ0n) is 12.0. The normalized spacial score (nSPS) is 23.1. The van der Waals surface area contributed by atoms with Gasteiger partial charge in [-0.1, -0.05) is 0 Å². The SMILES string of the molecule is CC(C)(CCC1(O)CCNCC1)N(C(=O)O)C1CC1. The van der Waals surface area contributed by atoms with Crippen LogP contribution in [-0.2, 0) is 0 Å². The van der Waals surface area contributed by atoms with Gasteiger partial charge in [0.05, 0.1) is 5.60 Å². The maximum absolute atomic E-state index is 11.4. The molecule has 0 aromatic heterocycles. The number of nitrogens with zero attached hydrogens (tertiary/aromatic N) is 1. The molecule has 2 fully saturated rings. The Hall–Kier alpha value is -0.810. The van der Waals surface area contributed by atoms with Crippen LogP contribution in [-0.4, -0.2) is 51.5 Å². The van der Waals surface area contributed by atoms with E-state index in [4.69, 9.17) is 0 Å². The lowest BCUT2D eigenvalue weighted by molar-refractivity contribution is -0.0140. The summed E-state index contributed by atoms with van der Waals surface area (Å²) in [5, 5.41) is 23.1. The van der Waals surface area contributed by atoms with Crippen LogP contribution in [0.25, 0.3) is 0 Å². The van der Waals surface area contributed by atoms with Gasteiger partial charge >= 0.3 is 6.09 Å². The van der Waals surface area contributed by atoms with E-state index >= 15 is 0 Å². The van der Waals surface area contributed by atoms with E-state index in [2.05, 4.69) is 5.32 Å². The van der Waals surface area contributed by atoms with Gasteiger partial charge in [0.15, 0.2) is 0 Å². The van der Waals surface area contributed by atoms with Gasteiger partial charge in [-0.2, -0.15) is 0 Å². The van der Waals surface area contributed by atoms with Crippen molar-refractivity contribution in [2.75, 3.05) is 13.1 Å². The molecular formula is C14H26N2O3. The number of hydrogen-bond donors (Lipinski definition) is 3. The highest BCUT2D eigenvalue weighted by atomic mass is 16.4. The summed E-state index contributed by atoms with van der Waals surface area (Å²) >= 11 is 0. The minimum atomic E-state index is -0.829. The predicted molar refractivity (Wildman–Crippen MR) is 73.3 cm³/mol. The van der Waals surface area contributed by atoms with Crippen molar-refractivity contribution in [3.8, 4) is 0 Å². The Morgan fingerprint density at radius 2 is 1.95 bits per heavy atom. The second-order valence-corrected chi connectivity index (χ2v) is 6.67. The number of aliphatic hydroxyl groups is 1. The monoisotopic (exact) mass is 270 g/mol. The van der Waals surface area contributed by atoms with Crippen LogP contribution >= 0.6 is 0 Å². The molecule has 19 heavy (non-hydrogen) atoms. The molecule has 1 saturated heterocycles. The van der Waals surface area contributed by atoms with Gasteiger partial charge in [-0.25, -0.2) is 4.79 Å². The van der Waals surface area contributed by atoms with Crippen LogP contribution < -0.4 is 5.32 Å². The first kappa shape index (κ1) is 14.6. The number of piperidine rings is 1. The van der Waals surface area contributed by atoms with Gasteiger partial charge in [0, 0.05) is 11.6 Å². The summed E-state index contributed by atoms with van der Waals surface area (Å²) in [5.74, 6) is 0. The molecule has 0 aromatic rings. The summed E-state index contributed by atoms with van der Waals surface area (Å²) in [5.41, 5.74) is -1.01. The van der Waals surface area contributed by atoms with E-state index in [9.17, 15) is 15.0 Å². The van der Waals surface area contributed by atoms with Gasteiger partial charge in [0.2, 0.25) is 0 Å². The van der Waals surface area contributed by atoms with E-state index in [1.54, 1.807) is 4.90 Å². The van der Waals surface area contributed by atoms with Gasteiger partial charge < -0.3 is 20.4 Å². The Bertz CT molecular complexity index is 334. The second kappa shape index (κ2) is 5.29. The molecular weight excluding hydrogens is 244 g/mol. The molecule has 5 nitrogen and oxygen atoms in total. The van der Waals surface area contributed by atoms with Crippen molar-refractivity contribution < 1.29 is 15.0 Å². The molecule has 110 valence electrons. The smallest absolute Gasteiger partial charge is 0.407 e. The third-order valence-corrected chi connectivity index (χ3v) is 4.51. The molecule has 0 unspecified atom stereocenters. The van der Waals surface area contributed by atoms with Crippen molar-refractivity contribution in [2.24, 2.45) is 0 Å². The number of amides is 1.